The second-order valence-corrected chi connectivity index (χ2v) is 3.35. The lowest BCUT2D eigenvalue weighted by atomic mass is 10.1. The summed E-state index contributed by atoms with van der Waals surface area (Å²) >= 11 is 0. The lowest BCUT2D eigenvalue weighted by Gasteiger charge is -2.09. The molecular formula is C10H11F2N. The standard InChI is InChI=1S/C10H11F2N/c11-8-3-1-7(2-4-8)10-5-9(12)6-13-10/h1-4,9-10,13H,5-6H2/t9?,10-/m0/s1. The van der Waals surface area contributed by atoms with Crippen molar-refractivity contribution in [2.24, 2.45) is 0 Å². The second-order valence-electron chi connectivity index (χ2n) is 3.35. The molecule has 0 bridgehead atoms. The van der Waals surface area contributed by atoms with Gasteiger partial charge < -0.3 is 5.32 Å². The molecule has 0 radical (unpaired) electrons. The van der Waals surface area contributed by atoms with Gasteiger partial charge in [-0.05, 0) is 24.1 Å². The van der Waals surface area contributed by atoms with Crippen LogP contribution in [0.2, 0.25) is 0 Å². The van der Waals surface area contributed by atoms with Crippen molar-refractivity contribution in [3.05, 3.63) is 35.6 Å². The van der Waals surface area contributed by atoms with E-state index in [-0.39, 0.29) is 11.9 Å². The molecule has 3 heteroatoms. The highest BCUT2D eigenvalue weighted by atomic mass is 19.1. The molecule has 13 heavy (non-hydrogen) atoms. The molecule has 1 aliphatic heterocycles. The molecule has 1 heterocycles. The van der Waals surface area contributed by atoms with Gasteiger partial charge in [0.2, 0.25) is 0 Å². The lowest BCUT2D eigenvalue weighted by Crippen LogP contribution is -2.13. The van der Waals surface area contributed by atoms with Crippen LogP contribution in [0.5, 0.6) is 0 Å². The van der Waals surface area contributed by atoms with Gasteiger partial charge in [-0.25, -0.2) is 8.78 Å². The predicted octanol–water partition coefficient (Wildman–Crippen LogP) is 2.20. The average molecular weight is 183 g/mol. The number of hydrogen-bond acceptors (Lipinski definition) is 1. The maximum Gasteiger partial charge on any atom is 0.123 e. The van der Waals surface area contributed by atoms with Gasteiger partial charge in [0.25, 0.3) is 0 Å². The van der Waals surface area contributed by atoms with Crippen molar-refractivity contribution >= 4 is 0 Å². The van der Waals surface area contributed by atoms with Gasteiger partial charge >= 0.3 is 0 Å². The van der Waals surface area contributed by atoms with E-state index in [9.17, 15) is 8.78 Å². The first-order chi connectivity index (χ1) is 6.25. The van der Waals surface area contributed by atoms with Gasteiger partial charge in [0, 0.05) is 12.6 Å². The maximum atomic E-state index is 12.8. The third-order valence-corrected chi connectivity index (χ3v) is 2.35. The largest absolute Gasteiger partial charge is 0.307 e. The fourth-order valence-electron chi connectivity index (χ4n) is 1.64. The molecule has 2 atom stereocenters. The Labute approximate surface area is 75.8 Å². The molecule has 1 nitrogen and oxygen atoms in total. The third kappa shape index (κ3) is 1.86. The van der Waals surface area contributed by atoms with Gasteiger partial charge in [0.15, 0.2) is 0 Å². The molecule has 1 N–H and O–H groups in total. The molecule has 1 saturated heterocycles. The summed E-state index contributed by atoms with van der Waals surface area (Å²) < 4.78 is 25.4. The molecular weight excluding hydrogens is 172 g/mol. The summed E-state index contributed by atoms with van der Waals surface area (Å²) in [6, 6.07) is 6.26. The lowest BCUT2D eigenvalue weighted by molar-refractivity contribution is 0.356. The van der Waals surface area contributed by atoms with E-state index in [1.807, 2.05) is 0 Å². The molecule has 0 spiro atoms. The van der Waals surface area contributed by atoms with Crippen LogP contribution in [0.3, 0.4) is 0 Å². The maximum absolute atomic E-state index is 12.8. The summed E-state index contributed by atoms with van der Waals surface area (Å²) in [6.45, 7) is 0.405. The molecule has 0 saturated carbocycles. The molecule has 2 rings (SSSR count). The van der Waals surface area contributed by atoms with E-state index in [0.717, 1.165) is 5.56 Å². The highest BCUT2D eigenvalue weighted by molar-refractivity contribution is 5.21. The van der Waals surface area contributed by atoms with E-state index in [4.69, 9.17) is 0 Å². The minimum atomic E-state index is -0.768. The third-order valence-electron chi connectivity index (χ3n) is 2.35. The molecule has 1 aromatic rings. The van der Waals surface area contributed by atoms with Gasteiger partial charge in [-0.3, -0.25) is 0 Å². The number of rotatable bonds is 1. The quantitative estimate of drug-likeness (QED) is 0.703. The van der Waals surface area contributed by atoms with Gasteiger partial charge in [-0.1, -0.05) is 12.1 Å². The van der Waals surface area contributed by atoms with E-state index < -0.39 is 6.17 Å². The van der Waals surface area contributed by atoms with Crippen molar-refractivity contribution in [2.75, 3.05) is 6.54 Å². The Morgan fingerprint density at radius 3 is 2.46 bits per heavy atom. The van der Waals surface area contributed by atoms with E-state index >= 15 is 0 Å². The number of hydrogen-bond donors (Lipinski definition) is 1. The van der Waals surface area contributed by atoms with E-state index in [2.05, 4.69) is 5.32 Å². The SMILES string of the molecule is Fc1ccc([C@@H]2CC(F)CN2)cc1. The molecule has 0 aromatic heterocycles. The Balaban J connectivity index is 2.13. The van der Waals surface area contributed by atoms with Crippen molar-refractivity contribution in [3.63, 3.8) is 0 Å². The molecule has 1 unspecified atom stereocenters. The van der Waals surface area contributed by atoms with Crippen LogP contribution in [0.25, 0.3) is 0 Å². The Morgan fingerprint density at radius 2 is 1.92 bits per heavy atom. The first-order valence-corrected chi connectivity index (χ1v) is 4.38. The van der Waals surface area contributed by atoms with Crippen molar-refractivity contribution in [2.45, 2.75) is 18.6 Å². The van der Waals surface area contributed by atoms with Gasteiger partial charge in [0.1, 0.15) is 12.0 Å². The summed E-state index contributed by atoms with van der Waals surface area (Å²) in [5, 5.41) is 3.04. The van der Waals surface area contributed by atoms with Gasteiger partial charge in [-0.15, -0.1) is 0 Å². The van der Waals surface area contributed by atoms with Crippen molar-refractivity contribution in [3.8, 4) is 0 Å². The van der Waals surface area contributed by atoms with Crippen LogP contribution >= 0.6 is 0 Å². The average Bonchev–Trinajstić information content (AvgIpc) is 2.53. The van der Waals surface area contributed by atoms with E-state index in [1.54, 1.807) is 12.1 Å². The van der Waals surface area contributed by atoms with Crippen molar-refractivity contribution in [1.29, 1.82) is 0 Å². The van der Waals surface area contributed by atoms with Crippen LogP contribution in [-0.4, -0.2) is 12.7 Å². The zero-order valence-corrected chi connectivity index (χ0v) is 7.13. The second kappa shape index (κ2) is 3.42. The molecule has 0 aliphatic carbocycles. The van der Waals surface area contributed by atoms with Crippen LogP contribution in [0.4, 0.5) is 8.78 Å². The minimum Gasteiger partial charge on any atom is -0.307 e. The summed E-state index contributed by atoms with van der Waals surface area (Å²) in [4.78, 5) is 0. The van der Waals surface area contributed by atoms with Crippen LogP contribution in [0.15, 0.2) is 24.3 Å². The fraction of sp³-hybridized carbons (Fsp3) is 0.400. The Hall–Kier alpha value is -0.960. The van der Waals surface area contributed by atoms with E-state index in [1.165, 1.54) is 12.1 Å². The van der Waals surface area contributed by atoms with Crippen LogP contribution in [0.1, 0.15) is 18.0 Å². The molecule has 1 fully saturated rings. The minimum absolute atomic E-state index is 0.0515. The first-order valence-electron chi connectivity index (χ1n) is 4.38. The normalized spacial score (nSPS) is 27.8. The Kier molecular flexibility index (Phi) is 2.27. The van der Waals surface area contributed by atoms with Gasteiger partial charge in [-0.2, -0.15) is 0 Å². The first kappa shape index (κ1) is 8.63. The topological polar surface area (TPSA) is 12.0 Å². The van der Waals surface area contributed by atoms with Gasteiger partial charge in [0.05, 0.1) is 0 Å². The molecule has 1 aliphatic rings. The summed E-state index contributed by atoms with van der Waals surface area (Å²) in [5.41, 5.74) is 0.960. The zero-order valence-electron chi connectivity index (χ0n) is 7.13. The summed E-state index contributed by atoms with van der Waals surface area (Å²) in [7, 11) is 0. The number of alkyl halides is 1. The van der Waals surface area contributed by atoms with Crippen molar-refractivity contribution < 1.29 is 8.78 Å². The smallest absolute Gasteiger partial charge is 0.123 e. The van der Waals surface area contributed by atoms with Crippen LogP contribution in [-0.2, 0) is 0 Å². The number of benzene rings is 1. The van der Waals surface area contributed by atoms with Crippen LogP contribution in [0, 0.1) is 5.82 Å². The van der Waals surface area contributed by atoms with Crippen LogP contribution < -0.4 is 5.32 Å². The monoisotopic (exact) mass is 183 g/mol. The highest BCUT2D eigenvalue weighted by Crippen LogP contribution is 2.24. The molecule has 0 amide bonds. The van der Waals surface area contributed by atoms with Crippen molar-refractivity contribution in [1.82, 2.24) is 5.32 Å². The fourth-order valence-corrected chi connectivity index (χ4v) is 1.64. The number of halogens is 2. The summed E-state index contributed by atoms with van der Waals surface area (Å²) in [6.07, 6.45) is -0.277. The zero-order chi connectivity index (χ0) is 9.26. The summed E-state index contributed by atoms with van der Waals surface area (Å²) in [5.74, 6) is -0.251. The van der Waals surface area contributed by atoms with E-state index in [0.29, 0.717) is 13.0 Å². The molecule has 1 aromatic carbocycles. The molecule has 70 valence electrons. The Morgan fingerprint density at radius 1 is 1.23 bits per heavy atom. The number of nitrogens with one attached hydrogen (secondary N) is 1. The highest BCUT2D eigenvalue weighted by Gasteiger charge is 2.24. The Bertz CT molecular complexity index is 283. The predicted molar refractivity (Wildman–Crippen MR) is 46.7 cm³/mol.